The number of rotatable bonds is 12. The van der Waals surface area contributed by atoms with Crippen molar-refractivity contribution in [2.75, 3.05) is 6.61 Å². The van der Waals surface area contributed by atoms with Crippen LogP contribution in [0.1, 0.15) is 45.4 Å². The highest BCUT2D eigenvalue weighted by atomic mass is 32.3. The van der Waals surface area contributed by atoms with Crippen molar-refractivity contribution in [3.63, 3.8) is 0 Å². The van der Waals surface area contributed by atoms with Gasteiger partial charge in [0.25, 0.3) is 0 Å². The molecule has 0 saturated carbocycles. The Morgan fingerprint density at radius 1 is 0.724 bits per heavy atom. The van der Waals surface area contributed by atoms with Gasteiger partial charge in [-0.15, -0.1) is 0 Å². The van der Waals surface area contributed by atoms with Gasteiger partial charge in [-0.2, -0.15) is 0 Å². The van der Waals surface area contributed by atoms with E-state index in [1.54, 1.807) is 36.4 Å². The standard InChI is InChI=1S/C22H30O5S2/c1-2-3-4-7-12-19(17-18-23)22(28(24,25)20-13-8-5-9-14-20)29(26,27)21-15-10-6-11-16-21/h5-6,8-11,13-16,19,22-23H,2-4,7,12,17-18H2,1H3/t19-/m1/s1. The molecule has 0 aromatic heterocycles. The maximum Gasteiger partial charge on any atom is 0.196 e. The summed E-state index contributed by atoms with van der Waals surface area (Å²) in [6.07, 6.45) is 4.22. The Balaban J connectivity index is 2.55. The molecule has 0 aliphatic rings. The lowest BCUT2D eigenvalue weighted by Crippen LogP contribution is -2.38. The quantitative estimate of drug-likeness (QED) is 0.501. The molecule has 2 aromatic carbocycles. The highest BCUT2D eigenvalue weighted by molar-refractivity contribution is 8.09. The zero-order valence-electron chi connectivity index (χ0n) is 16.8. The Bertz CT molecular complexity index is 870. The van der Waals surface area contributed by atoms with E-state index >= 15 is 0 Å². The average Bonchev–Trinajstić information content (AvgIpc) is 2.72. The van der Waals surface area contributed by atoms with Crippen molar-refractivity contribution in [1.29, 1.82) is 0 Å². The third-order valence-electron chi connectivity index (χ3n) is 5.07. The minimum Gasteiger partial charge on any atom is -0.396 e. The lowest BCUT2D eigenvalue weighted by Gasteiger charge is -2.27. The molecule has 160 valence electrons. The third kappa shape index (κ3) is 5.90. The zero-order chi connectivity index (χ0) is 21.3. The van der Waals surface area contributed by atoms with E-state index in [9.17, 15) is 21.9 Å². The van der Waals surface area contributed by atoms with Crippen LogP contribution in [0.2, 0.25) is 0 Å². The Morgan fingerprint density at radius 3 is 1.62 bits per heavy atom. The van der Waals surface area contributed by atoms with Crippen molar-refractivity contribution in [3.05, 3.63) is 60.7 Å². The molecule has 0 heterocycles. The molecule has 0 amide bonds. The predicted molar refractivity (Wildman–Crippen MR) is 115 cm³/mol. The summed E-state index contributed by atoms with van der Waals surface area (Å²) in [7, 11) is -8.34. The van der Waals surface area contributed by atoms with Crippen LogP contribution in [-0.4, -0.2) is 33.1 Å². The highest BCUT2D eigenvalue weighted by Gasteiger charge is 2.44. The van der Waals surface area contributed by atoms with Crippen LogP contribution in [0.3, 0.4) is 0 Å². The molecule has 2 aromatic rings. The van der Waals surface area contributed by atoms with Gasteiger partial charge in [0.05, 0.1) is 9.79 Å². The minimum atomic E-state index is -4.17. The number of aliphatic hydroxyl groups excluding tert-OH is 1. The smallest absolute Gasteiger partial charge is 0.196 e. The second-order valence-corrected chi connectivity index (χ2v) is 11.6. The molecule has 0 radical (unpaired) electrons. The molecule has 5 nitrogen and oxygen atoms in total. The fourth-order valence-corrected chi connectivity index (χ4v) is 8.75. The Morgan fingerprint density at radius 2 is 1.21 bits per heavy atom. The lowest BCUT2D eigenvalue weighted by molar-refractivity contribution is 0.253. The van der Waals surface area contributed by atoms with Gasteiger partial charge in [0, 0.05) is 6.61 Å². The number of hydrogen-bond donors (Lipinski definition) is 1. The molecular formula is C22H30O5S2. The normalized spacial score (nSPS) is 13.5. The molecule has 1 atom stereocenters. The van der Waals surface area contributed by atoms with Crippen LogP contribution in [0.4, 0.5) is 0 Å². The van der Waals surface area contributed by atoms with Gasteiger partial charge in [-0.25, -0.2) is 16.8 Å². The molecule has 0 spiro atoms. The first-order valence-corrected chi connectivity index (χ1v) is 13.1. The molecular weight excluding hydrogens is 408 g/mol. The molecule has 2 rings (SSSR count). The van der Waals surface area contributed by atoms with Crippen LogP contribution >= 0.6 is 0 Å². The van der Waals surface area contributed by atoms with Crippen LogP contribution in [0, 0.1) is 5.92 Å². The first kappa shape index (κ1) is 23.6. The monoisotopic (exact) mass is 438 g/mol. The molecule has 29 heavy (non-hydrogen) atoms. The van der Waals surface area contributed by atoms with E-state index in [1.165, 1.54) is 24.3 Å². The number of aliphatic hydroxyl groups is 1. The van der Waals surface area contributed by atoms with Gasteiger partial charge < -0.3 is 5.11 Å². The van der Waals surface area contributed by atoms with Crippen LogP contribution in [-0.2, 0) is 19.7 Å². The summed E-state index contributed by atoms with van der Waals surface area (Å²) in [5.41, 5.74) is 0. The molecule has 0 aliphatic heterocycles. The lowest BCUT2D eigenvalue weighted by atomic mass is 9.99. The first-order valence-electron chi connectivity index (χ1n) is 10.0. The highest BCUT2D eigenvalue weighted by Crippen LogP contribution is 2.34. The first-order chi connectivity index (χ1) is 13.9. The van der Waals surface area contributed by atoms with Crippen molar-refractivity contribution < 1.29 is 21.9 Å². The topological polar surface area (TPSA) is 88.5 Å². The van der Waals surface area contributed by atoms with Gasteiger partial charge in [0.1, 0.15) is 0 Å². The molecule has 7 heteroatoms. The van der Waals surface area contributed by atoms with Crippen molar-refractivity contribution in [3.8, 4) is 0 Å². The van der Waals surface area contributed by atoms with Crippen molar-refractivity contribution >= 4 is 19.7 Å². The Labute approximate surface area is 174 Å². The Hall–Kier alpha value is -1.70. The molecule has 0 unspecified atom stereocenters. The largest absolute Gasteiger partial charge is 0.396 e. The van der Waals surface area contributed by atoms with Crippen LogP contribution in [0.5, 0.6) is 0 Å². The summed E-state index contributed by atoms with van der Waals surface area (Å²) < 4.78 is 52.4. The second kappa shape index (κ2) is 10.9. The van der Waals surface area contributed by atoms with Gasteiger partial charge in [-0.05, 0) is 43.0 Å². The van der Waals surface area contributed by atoms with Gasteiger partial charge in [-0.1, -0.05) is 69.0 Å². The van der Waals surface area contributed by atoms with E-state index in [4.69, 9.17) is 0 Å². The summed E-state index contributed by atoms with van der Waals surface area (Å²) in [6, 6.07) is 15.4. The van der Waals surface area contributed by atoms with Crippen LogP contribution < -0.4 is 0 Å². The SMILES string of the molecule is CCCCCC[C@H](CCO)C(S(=O)(=O)c1ccccc1)S(=O)(=O)c1ccccc1. The maximum absolute atomic E-state index is 13.5. The number of sulfone groups is 2. The number of hydrogen-bond acceptors (Lipinski definition) is 5. The van der Waals surface area contributed by atoms with E-state index in [-0.39, 0.29) is 22.8 Å². The van der Waals surface area contributed by atoms with Crippen LogP contribution in [0.25, 0.3) is 0 Å². The van der Waals surface area contributed by atoms with E-state index in [2.05, 4.69) is 6.92 Å². The van der Waals surface area contributed by atoms with E-state index in [1.807, 2.05) is 0 Å². The molecule has 0 aliphatic carbocycles. The summed E-state index contributed by atoms with van der Waals surface area (Å²) in [5, 5.41) is 9.57. The van der Waals surface area contributed by atoms with E-state index < -0.39 is 30.2 Å². The van der Waals surface area contributed by atoms with Gasteiger partial charge in [0.2, 0.25) is 0 Å². The second-order valence-electron chi connectivity index (χ2n) is 7.21. The zero-order valence-corrected chi connectivity index (χ0v) is 18.4. The molecule has 0 bridgehead atoms. The molecule has 0 saturated heterocycles. The van der Waals surface area contributed by atoms with Gasteiger partial charge in [0.15, 0.2) is 24.3 Å². The van der Waals surface area contributed by atoms with Gasteiger partial charge in [-0.3, -0.25) is 0 Å². The summed E-state index contributed by atoms with van der Waals surface area (Å²) in [6.45, 7) is 1.82. The van der Waals surface area contributed by atoms with Gasteiger partial charge >= 0.3 is 0 Å². The molecule has 0 fully saturated rings. The minimum absolute atomic E-state index is 0.0130. The summed E-state index contributed by atoms with van der Waals surface area (Å²) in [4.78, 5) is -0.0259. The van der Waals surface area contributed by atoms with Crippen molar-refractivity contribution in [2.24, 2.45) is 5.92 Å². The number of benzene rings is 2. The predicted octanol–water partition coefficient (Wildman–Crippen LogP) is 4.23. The van der Waals surface area contributed by atoms with Crippen molar-refractivity contribution in [2.45, 2.75) is 59.8 Å². The molecule has 1 N–H and O–H groups in total. The van der Waals surface area contributed by atoms with Crippen LogP contribution in [0.15, 0.2) is 70.5 Å². The average molecular weight is 439 g/mol. The Kier molecular flexibility index (Phi) is 8.86. The fraction of sp³-hybridized carbons (Fsp3) is 0.455. The summed E-state index contributed by atoms with van der Waals surface area (Å²) in [5.74, 6) is -0.688. The number of unbranched alkanes of at least 4 members (excludes halogenated alkanes) is 3. The van der Waals surface area contributed by atoms with E-state index in [0.29, 0.717) is 6.42 Å². The fourth-order valence-electron chi connectivity index (χ4n) is 3.58. The van der Waals surface area contributed by atoms with E-state index in [0.717, 1.165) is 25.7 Å². The summed E-state index contributed by atoms with van der Waals surface area (Å²) >= 11 is 0. The maximum atomic E-state index is 13.5. The third-order valence-corrected chi connectivity index (χ3v) is 10.4. The van der Waals surface area contributed by atoms with Crippen molar-refractivity contribution in [1.82, 2.24) is 0 Å².